The molecule has 1 aliphatic carbocycles. The summed E-state index contributed by atoms with van der Waals surface area (Å²) in [5, 5.41) is 0.0907. The molecule has 94 valence electrons. The zero-order valence-corrected chi connectivity index (χ0v) is 9.58. The molecule has 2 aromatic rings. The lowest BCUT2D eigenvalue weighted by atomic mass is 10.1. The van der Waals surface area contributed by atoms with Crippen LogP contribution >= 0.6 is 0 Å². The minimum atomic E-state index is -1.05. The van der Waals surface area contributed by atoms with Gasteiger partial charge in [0, 0.05) is 29.6 Å². The SMILES string of the molecule is Cc1c(F)c(F)cc2c(=O)ccn([C@@H]3C[C@@H]3F)c12. The van der Waals surface area contributed by atoms with Gasteiger partial charge in [0.25, 0.3) is 0 Å². The first-order chi connectivity index (χ1) is 8.50. The fourth-order valence-electron chi connectivity index (χ4n) is 2.29. The molecule has 1 saturated carbocycles. The Morgan fingerprint density at radius 2 is 2.06 bits per heavy atom. The van der Waals surface area contributed by atoms with Crippen molar-refractivity contribution in [3.05, 3.63) is 45.8 Å². The van der Waals surface area contributed by atoms with Gasteiger partial charge in [-0.2, -0.15) is 0 Å². The van der Waals surface area contributed by atoms with E-state index in [0.717, 1.165) is 6.07 Å². The molecule has 0 unspecified atom stereocenters. The summed E-state index contributed by atoms with van der Waals surface area (Å²) in [6.07, 6.45) is 0.804. The summed E-state index contributed by atoms with van der Waals surface area (Å²) in [4.78, 5) is 11.7. The van der Waals surface area contributed by atoms with Crippen LogP contribution in [0.2, 0.25) is 0 Å². The van der Waals surface area contributed by atoms with Crippen LogP contribution < -0.4 is 5.43 Å². The van der Waals surface area contributed by atoms with Crippen molar-refractivity contribution in [3.8, 4) is 0 Å². The van der Waals surface area contributed by atoms with Crippen LogP contribution in [-0.2, 0) is 0 Å². The van der Waals surface area contributed by atoms with Gasteiger partial charge in [0.1, 0.15) is 6.17 Å². The molecule has 0 bridgehead atoms. The maximum atomic E-state index is 13.6. The van der Waals surface area contributed by atoms with Gasteiger partial charge in [0.05, 0.1) is 11.6 Å². The predicted octanol–water partition coefficient (Wildman–Crippen LogP) is 2.87. The molecule has 0 spiro atoms. The minimum Gasteiger partial charge on any atom is -0.341 e. The molecular formula is C13H10F3NO. The second-order valence-electron chi connectivity index (χ2n) is 4.60. The van der Waals surface area contributed by atoms with E-state index in [9.17, 15) is 18.0 Å². The number of hydrogen-bond acceptors (Lipinski definition) is 1. The minimum absolute atomic E-state index is 0.0433. The van der Waals surface area contributed by atoms with Gasteiger partial charge in [-0.3, -0.25) is 4.79 Å². The van der Waals surface area contributed by atoms with Crippen molar-refractivity contribution in [1.82, 2.24) is 4.57 Å². The lowest BCUT2D eigenvalue weighted by Gasteiger charge is -2.12. The van der Waals surface area contributed by atoms with Gasteiger partial charge in [-0.25, -0.2) is 13.2 Å². The number of aryl methyl sites for hydroxylation is 1. The van der Waals surface area contributed by atoms with Gasteiger partial charge in [-0.15, -0.1) is 0 Å². The van der Waals surface area contributed by atoms with Crippen LogP contribution in [0.1, 0.15) is 18.0 Å². The maximum absolute atomic E-state index is 13.6. The van der Waals surface area contributed by atoms with E-state index in [4.69, 9.17) is 0 Å². The van der Waals surface area contributed by atoms with Crippen LogP contribution in [0.4, 0.5) is 13.2 Å². The van der Waals surface area contributed by atoms with Crippen molar-refractivity contribution < 1.29 is 13.2 Å². The number of halogens is 3. The first kappa shape index (κ1) is 11.3. The predicted molar refractivity (Wildman–Crippen MR) is 61.4 cm³/mol. The monoisotopic (exact) mass is 253 g/mol. The molecule has 0 amide bonds. The Balaban J connectivity index is 2.43. The van der Waals surface area contributed by atoms with Gasteiger partial charge in [-0.1, -0.05) is 0 Å². The maximum Gasteiger partial charge on any atom is 0.189 e. The molecule has 0 N–H and O–H groups in total. The van der Waals surface area contributed by atoms with Crippen molar-refractivity contribution >= 4 is 10.9 Å². The van der Waals surface area contributed by atoms with Crippen LogP contribution in [0.5, 0.6) is 0 Å². The number of hydrogen-bond donors (Lipinski definition) is 0. The highest BCUT2D eigenvalue weighted by molar-refractivity contribution is 5.82. The Morgan fingerprint density at radius 3 is 2.67 bits per heavy atom. The van der Waals surface area contributed by atoms with E-state index in [-0.39, 0.29) is 27.9 Å². The first-order valence-electron chi connectivity index (χ1n) is 5.64. The molecule has 1 aromatic heterocycles. The lowest BCUT2D eigenvalue weighted by Crippen LogP contribution is -2.11. The quantitative estimate of drug-likeness (QED) is 0.766. The van der Waals surface area contributed by atoms with E-state index in [1.165, 1.54) is 23.8 Å². The highest BCUT2D eigenvalue weighted by Gasteiger charge is 2.39. The number of alkyl halides is 1. The second-order valence-corrected chi connectivity index (χ2v) is 4.60. The summed E-state index contributed by atoms with van der Waals surface area (Å²) in [5.41, 5.74) is -0.0624. The zero-order valence-electron chi connectivity index (χ0n) is 9.58. The molecule has 1 aromatic carbocycles. The third-order valence-corrected chi connectivity index (χ3v) is 3.37. The fourth-order valence-corrected chi connectivity index (χ4v) is 2.29. The van der Waals surface area contributed by atoms with Crippen LogP contribution in [0.25, 0.3) is 10.9 Å². The third-order valence-electron chi connectivity index (χ3n) is 3.37. The van der Waals surface area contributed by atoms with Gasteiger partial charge in [0.2, 0.25) is 0 Å². The number of aromatic nitrogens is 1. The number of rotatable bonds is 1. The van der Waals surface area contributed by atoms with Crippen LogP contribution in [0.3, 0.4) is 0 Å². The molecule has 1 heterocycles. The average molecular weight is 253 g/mol. The molecule has 3 rings (SSSR count). The Labute approximate surface area is 101 Å². The van der Waals surface area contributed by atoms with E-state index in [1.54, 1.807) is 0 Å². The van der Waals surface area contributed by atoms with Crippen molar-refractivity contribution in [3.63, 3.8) is 0 Å². The van der Waals surface area contributed by atoms with E-state index in [2.05, 4.69) is 0 Å². The van der Waals surface area contributed by atoms with Crippen molar-refractivity contribution in [2.75, 3.05) is 0 Å². The summed E-state index contributed by atoms with van der Waals surface area (Å²) in [6, 6.07) is 1.76. The van der Waals surface area contributed by atoms with Crippen molar-refractivity contribution in [1.29, 1.82) is 0 Å². The smallest absolute Gasteiger partial charge is 0.189 e. The van der Waals surface area contributed by atoms with Gasteiger partial charge in [-0.05, 0) is 13.0 Å². The van der Waals surface area contributed by atoms with Gasteiger partial charge in [0.15, 0.2) is 17.1 Å². The normalized spacial score (nSPS) is 22.4. The van der Waals surface area contributed by atoms with E-state index in [0.29, 0.717) is 6.42 Å². The molecule has 0 radical (unpaired) electrons. The summed E-state index contributed by atoms with van der Waals surface area (Å²) < 4.78 is 41.5. The molecule has 5 heteroatoms. The number of fused-ring (bicyclic) bond motifs is 1. The Kier molecular flexibility index (Phi) is 2.27. The molecule has 1 fully saturated rings. The summed E-state index contributed by atoms with van der Waals surface area (Å²) in [5.74, 6) is -2.04. The number of benzene rings is 1. The molecule has 2 nitrogen and oxygen atoms in total. The summed E-state index contributed by atoms with van der Waals surface area (Å²) in [6.45, 7) is 1.40. The van der Waals surface area contributed by atoms with E-state index >= 15 is 0 Å². The highest BCUT2D eigenvalue weighted by Crippen LogP contribution is 2.41. The number of pyridine rings is 1. The Hall–Kier alpha value is -1.78. The average Bonchev–Trinajstić information content (AvgIpc) is 3.05. The van der Waals surface area contributed by atoms with E-state index in [1.807, 2.05) is 0 Å². The fraction of sp³-hybridized carbons (Fsp3) is 0.308. The van der Waals surface area contributed by atoms with Gasteiger partial charge >= 0.3 is 0 Å². The highest BCUT2D eigenvalue weighted by atomic mass is 19.2. The van der Waals surface area contributed by atoms with Crippen LogP contribution in [0, 0.1) is 18.6 Å². The molecular weight excluding hydrogens is 243 g/mol. The molecule has 1 aliphatic rings. The van der Waals surface area contributed by atoms with Crippen LogP contribution in [-0.4, -0.2) is 10.7 Å². The standard InChI is InChI=1S/C13H10F3NO/c1-6-12(16)9(15)4-7-11(18)2-3-17(13(6)7)10-5-8(10)14/h2-4,8,10H,5H2,1H3/t8-,10+/m0/s1. The lowest BCUT2D eigenvalue weighted by molar-refractivity contribution is 0.443. The second kappa shape index (κ2) is 3.60. The molecule has 18 heavy (non-hydrogen) atoms. The summed E-state index contributed by atoms with van der Waals surface area (Å²) >= 11 is 0. The third kappa shape index (κ3) is 1.46. The number of nitrogens with zero attached hydrogens (tertiary/aromatic N) is 1. The van der Waals surface area contributed by atoms with Crippen molar-refractivity contribution in [2.45, 2.75) is 25.6 Å². The Morgan fingerprint density at radius 1 is 1.39 bits per heavy atom. The summed E-state index contributed by atoms with van der Waals surface area (Å²) in [7, 11) is 0. The van der Waals surface area contributed by atoms with Gasteiger partial charge < -0.3 is 4.57 Å². The molecule has 0 aliphatic heterocycles. The molecule has 0 saturated heterocycles. The first-order valence-corrected chi connectivity index (χ1v) is 5.64. The Bertz CT molecular complexity index is 707. The van der Waals surface area contributed by atoms with E-state index < -0.39 is 17.8 Å². The van der Waals surface area contributed by atoms with Crippen LogP contribution in [0.15, 0.2) is 23.1 Å². The zero-order chi connectivity index (χ0) is 13.0. The largest absolute Gasteiger partial charge is 0.341 e. The topological polar surface area (TPSA) is 22.0 Å². The molecule has 2 atom stereocenters. The van der Waals surface area contributed by atoms with Crippen molar-refractivity contribution in [2.24, 2.45) is 0 Å².